The molecule has 3 nitrogen and oxygen atoms in total. The highest BCUT2D eigenvalue weighted by Gasteiger charge is 2.28. The molecule has 0 unspecified atom stereocenters. The number of aryl methyl sites for hydroxylation is 1. The van der Waals surface area contributed by atoms with Crippen LogP contribution in [0.2, 0.25) is 0 Å². The maximum Gasteiger partial charge on any atom is 0.156 e. The van der Waals surface area contributed by atoms with Crippen LogP contribution in [0.5, 0.6) is 0 Å². The minimum absolute atomic E-state index is 0.136. The number of halogens is 1. The van der Waals surface area contributed by atoms with Crippen molar-refractivity contribution in [1.82, 2.24) is 0 Å². The van der Waals surface area contributed by atoms with Gasteiger partial charge in [0.15, 0.2) is 9.84 Å². The van der Waals surface area contributed by atoms with Crippen LogP contribution in [0.15, 0.2) is 22.7 Å². The van der Waals surface area contributed by atoms with E-state index in [2.05, 4.69) is 21.2 Å². The molecule has 1 aromatic rings. The molecule has 0 saturated carbocycles. The van der Waals surface area contributed by atoms with Crippen molar-refractivity contribution in [3.05, 3.63) is 28.2 Å². The summed E-state index contributed by atoms with van der Waals surface area (Å²) in [5, 5.41) is 3.16. The van der Waals surface area contributed by atoms with Gasteiger partial charge in [0.2, 0.25) is 0 Å². The normalized spacial score (nSPS) is 12.5. The fourth-order valence-corrected chi connectivity index (χ4v) is 2.80. The van der Waals surface area contributed by atoms with E-state index < -0.39 is 14.6 Å². The molecule has 0 fully saturated rings. The van der Waals surface area contributed by atoms with Crippen molar-refractivity contribution in [1.29, 1.82) is 0 Å². The molecule has 1 N–H and O–H groups in total. The molecule has 0 aliphatic heterocycles. The highest BCUT2D eigenvalue weighted by Crippen LogP contribution is 2.25. The Labute approximate surface area is 118 Å². The van der Waals surface area contributed by atoms with Crippen molar-refractivity contribution in [2.45, 2.75) is 32.4 Å². The first kappa shape index (κ1) is 15.5. The smallest absolute Gasteiger partial charge is 0.156 e. The number of hydrogen-bond donors (Lipinski definition) is 1. The van der Waals surface area contributed by atoms with E-state index in [1.54, 1.807) is 20.8 Å². The van der Waals surface area contributed by atoms with Crippen molar-refractivity contribution < 1.29 is 8.42 Å². The molecule has 0 radical (unpaired) electrons. The number of benzene rings is 1. The first-order valence-electron chi connectivity index (χ1n) is 5.86. The third-order valence-electron chi connectivity index (χ3n) is 2.81. The summed E-state index contributed by atoms with van der Waals surface area (Å²) in [7, 11) is -3.07. The Bertz CT molecular complexity index is 518. The molecule has 0 amide bonds. The number of anilines is 1. The van der Waals surface area contributed by atoms with Crippen molar-refractivity contribution in [2.75, 3.05) is 17.6 Å². The van der Waals surface area contributed by atoms with Gasteiger partial charge in [-0.1, -0.05) is 12.1 Å². The van der Waals surface area contributed by atoms with Crippen LogP contribution in [-0.2, 0) is 9.84 Å². The number of nitrogens with one attached hydrogen (secondary N) is 1. The monoisotopic (exact) mass is 333 g/mol. The molecule has 0 heterocycles. The molecule has 5 heteroatoms. The Morgan fingerprint density at radius 1 is 1.28 bits per heavy atom. The quantitative estimate of drug-likeness (QED) is 0.918. The molecule has 1 rings (SSSR count). The lowest BCUT2D eigenvalue weighted by molar-refractivity contribution is 0.560. The van der Waals surface area contributed by atoms with E-state index in [1.165, 1.54) is 0 Å². The van der Waals surface area contributed by atoms with Gasteiger partial charge in [0.1, 0.15) is 0 Å². The molecule has 0 bridgehead atoms. The topological polar surface area (TPSA) is 46.2 Å². The molecule has 102 valence electrons. The van der Waals surface area contributed by atoms with Gasteiger partial charge in [0, 0.05) is 16.7 Å². The third kappa shape index (κ3) is 3.72. The van der Waals surface area contributed by atoms with Crippen LogP contribution in [0.4, 0.5) is 5.69 Å². The summed E-state index contributed by atoms with van der Waals surface area (Å²) in [6, 6.07) is 5.88. The maximum atomic E-state index is 11.9. The van der Waals surface area contributed by atoms with E-state index in [0.29, 0.717) is 6.54 Å². The third-order valence-corrected chi connectivity index (χ3v) is 6.47. The van der Waals surface area contributed by atoms with Crippen LogP contribution in [0, 0.1) is 6.92 Å². The lowest BCUT2D eigenvalue weighted by Crippen LogP contribution is -2.32. The second-order valence-electron chi connectivity index (χ2n) is 5.29. The fraction of sp³-hybridized carbons (Fsp3) is 0.538. The van der Waals surface area contributed by atoms with E-state index >= 15 is 0 Å². The highest BCUT2D eigenvalue weighted by molar-refractivity contribution is 9.10. The summed E-state index contributed by atoms with van der Waals surface area (Å²) in [6.07, 6.45) is 0. The Morgan fingerprint density at radius 2 is 1.89 bits per heavy atom. The van der Waals surface area contributed by atoms with E-state index in [4.69, 9.17) is 0 Å². The zero-order valence-corrected chi connectivity index (χ0v) is 13.7. The van der Waals surface area contributed by atoms with E-state index in [1.807, 2.05) is 25.1 Å². The average Bonchev–Trinajstić information content (AvgIpc) is 2.22. The summed E-state index contributed by atoms with van der Waals surface area (Å²) in [4.78, 5) is 0. The molecule has 0 spiro atoms. The summed E-state index contributed by atoms with van der Waals surface area (Å²) in [5.74, 6) is 0.136. The number of rotatable bonds is 4. The van der Waals surface area contributed by atoms with Gasteiger partial charge in [-0.05, 0) is 55.3 Å². The largest absolute Gasteiger partial charge is 0.383 e. The minimum atomic E-state index is -3.07. The Morgan fingerprint density at radius 3 is 2.44 bits per heavy atom. The predicted octanol–water partition coefficient (Wildman–Crippen LogP) is 3.38. The van der Waals surface area contributed by atoms with Gasteiger partial charge in [-0.2, -0.15) is 0 Å². The first-order chi connectivity index (χ1) is 8.15. The van der Waals surface area contributed by atoms with E-state index in [-0.39, 0.29) is 5.75 Å². The molecule has 1 aromatic carbocycles. The van der Waals surface area contributed by atoms with Crippen molar-refractivity contribution in [3.63, 3.8) is 0 Å². The van der Waals surface area contributed by atoms with Gasteiger partial charge in [-0.15, -0.1) is 0 Å². The second kappa shape index (κ2) is 5.61. The molecular formula is C13H20BrNO2S. The number of sulfone groups is 1. The van der Waals surface area contributed by atoms with E-state index in [9.17, 15) is 8.42 Å². The maximum absolute atomic E-state index is 11.9. The van der Waals surface area contributed by atoms with Crippen LogP contribution in [-0.4, -0.2) is 25.5 Å². The molecule has 0 saturated heterocycles. The van der Waals surface area contributed by atoms with Crippen LogP contribution < -0.4 is 5.32 Å². The summed E-state index contributed by atoms with van der Waals surface area (Å²) < 4.78 is 24.2. The predicted molar refractivity (Wildman–Crippen MR) is 80.9 cm³/mol. The fourth-order valence-electron chi connectivity index (χ4n) is 1.41. The highest BCUT2D eigenvalue weighted by atomic mass is 79.9. The van der Waals surface area contributed by atoms with Gasteiger partial charge < -0.3 is 5.32 Å². The molecule has 18 heavy (non-hydrogen) atoms. The lowest BCUT2D eigenvalue weighted by atomic mass is 10.2. The molecule has 0 atom stereocenters. The van der Waals surface area contributed by atoms with Crippen molar-refractivity contribution in [2.24, 2.45) is 0 Å². The summed E-state index contributed by atoms with van der Waals surface area (Å²) in [5.41, 5.74) is 2.05. The molecule has 0 aliphatic carbocycles. The summed E-state index contributed by atoms with van der Waals surface area (Å²) >= 11 is 3.49. The Kier molecular flexibility index (Phi) is 4.84. The van der Waals surface area contributed by atoms with Crippen molar-refractivity contribution >= 4 is 31.5 Å². The first-order valence-corrected chi connectivity index (χ1v) is 8.31. The Balaban J connectivity index is 2.66. The molecule has 0 aromatic heterocycles. The SMILES string of the molecule is Cc1cccc(NCCS(=O)(=O)C(C)(C)C)c1Br. The zero-order valence-electron chi connectivity index (χ0n) is 11.2. The van der Waals surface area contributed by atoms with Crippen LogP contribution >= 0.6 is 15.9 Å². The van der Waals surface area contributed by atoms with Gasteiger partial charge in [-0.3, -0.25) is 0 Å². The van der Waals surface area contributed by atoms with Crippen LogP contribution in [0.25, 0.3) is 0 Å². The van der Waals surface area contributed by atoms with E-state index in [0.717, 1.165) is 15.7 Å². The molecular weight excluding hydrogens is 314 g/mol. The van der Waals surface area contributed by atoms with Gasteiger partial charge >= 0.3 is 0 Å². The average molecular weight is 334 g/mol. The standard InChI is InChI=1S/C13H20BrNO2S/c1-10-6-5-7-11(12(10)14)15-8-9-18(16,17)13(2,3)4/h5-7,15H,8-9H2,1-4H3. The second-order valence-corrected chi connectivity index (χ2v) is 8.95. The lowest BCUT2D eigenvalue weighted by Gasteiger charge is -2.19. The Hall–Kier alpha value is -0.550. The van der Waals surface area contributed by atoms with Gasteiger partial charge in [-0.25, -0.2) is 8.42 Å². The van der Waals surface area contributed by atoms with Crippen molar-refractivity contribution in [3.8, 4) is 0 Å². The minimum Gasteiger partial charge on any atom is -0.383 e. The summed E-state index contributed by atoms with van der Waals surface area (Å²) in [6.45, 7) is 7.60. The molecule has 0 aliphatic rings. The van der Waals surface area contributed by atoms with Crippen LogP contribution in [0.3, 0.4) is 0 Å². The zero-order chi connectivity index (χ0) is 14.0. The number of hydrogen-bond acceptors (Lipinski definition) is 3. The van der Waals surface area contributed by atoms with Crippen LogP contribution in [0.1, 0.15) is 26.3 Å². The van der Waals surface area contributed by atoms with Gasteiger partial charge in [0.25, 0.3) is 0 Å². The van der Waals surface area contributed by atoms with Gasteiger partial charge in [0.05, 0.1) is 10.5 Å².